The lowest BCUT2D eigenvalue weighted by Gasteiger charge is -2.25. The van der Waals surface area contributed by atoms with Crippen LogP contribution in [0.4, 0.5) is 5.82 Å². The molecule has 1 aromatic rings. The number of anilines is 1. The zero-order valence-electron chi connectivity index (χ0n) is 8.30. The SMILES string of the molecule is Nc1[nH]ncc1S(=O)(=O)N1CCNC(=O)C1. The molecule has 1 saturated heterocycles. The van der Waals surface area contributed by atoms with Gasteiger partial charge in [0.05, 0.1) is 12.7 Å². The number of nitrogens with one attached hydrogen (secondary N) is 2. The third-order valence-corrected chi connectivity index (χ3v) is 4.13. The van der Waals surface area contributed by atoms with E-state index < -0.39 is 10.0 Å². The number of sulfonamides is 1. The predicted octanol–water partition coefficient (Wildman–Crippen LogP) is -1.89. The molecule has 0 aromatic carbocycles. The molecular formula is C7H11N5O3S. The van der Waals surface area contributed by atoms with E-state index in [2.05, 4.69) is 15.5 Å². The van der Waals surface area contributed by atoms with Crippen LogP contribution in [0, 0.1) is 0 Å². The first-order valence-electron chi connectivity index (χ1n) is 4.57. The third kappa shape index (κ3) is 1.74. The first kappa shape index (κ1) is 10.9. The Morgan fingerprint density at radius 3 is 2.81 bits per heavy atom. The van der Waals surface area contributed by atoms with Crippen molar-refractivity contribution in [3.63, 3.8) is 0 Å². The van der Waals surface area contributed by atoms with Gasteiger partial charge in [0.1, 0.15) is 10.7 Å². The molecule has 88 valence electrons. The van der Waals surface area contributed by atoms with E-state index in [9.17, 15) is 13.2 Å². The molecule has 0 spiro atoms. The molecule has 0 bridgehead atoms. The van der Waals surface area contributed by atoms with E-state index >= 15 is 0 Å². The van der Waals surface area contributed by atoms with Crippen LogP contribution in [-0.4, -0.2) is 48.5 Å². The number of aromatic amines is 1. The second-order valence-corrected chi connectivity index (χ2v) is 5.24. The van der Waals surface area contributed by atoms with Crippen molar-refractivity contribution in [2.24, 2.45) is 0 Å². The number of carbonyl (C=O) groups excluding carboxylic acids is 1. The van der Waals surface area contributed by atoms with Crippen LogP contribution in [0.1, 0.15) is 0 Å². The second-order valence-electron chi connectivity index (χ2n) is 3.34. The quantitative estimate of drug-likeness (QED) is 0.562. The zero-order chi connectivity index (χ0) is 11.8. The van der Waals surface area contributed by atoms with Crippen LogP contribution >= 0.6 is 0 Å². The van der Waals surface area contributed by atoms with Gasteiger partial charge in [0.15, 0.2) is 0 Å². The molecule has 0 aliphatic carbocycles. The maximum atomic E-state index is 12.0. The van der Waals surface area contributed by atoms with Crippen LogP contribution in [-0.2, 0) is 14.8 Å². The van der Waals surface area contributed by atoms with Gasteiger partial charge in [-0.05, 0) is 0 Å². The highest BCUT2D eigenvalue weighted by atomic mass is 32.2. The summed E-state index contributed by atoms with van der Waals surface area (Å²) in [7, 11) is -3.73. The van der Waals surface area contributed by atoms with Gasteiger partial charge in [-0.25, -0.2) is 8.42 Å². The van der Waals surface area contributed by atoms with Crippen molar-refractivity contribution in [2.45, 2.75) is 4.90 Å². The molecule has 0 atom stereocenters. The van der Waals surface area contributed by atoms with Crippen LogP contribution in [0.15, 0.2) is 11.1 Å². The average molecular weight is 245 g/mol. The smallest absolute Gasteiger partial charge is 0.248 e. The Bertz CT molecular complexity index is 508. The highest BCUT2D eigenvalue weighted by Crippen LogP contribution is 2.19. The van der Waals surface area contributed by atoms with E-state index in [-0.39, 0.29) is 29.7 Å². The molecular weight excluding hydrogens is 234 g/mol. The Hall–Kier alpha value is -1.61. The van der Waals surface area contributed by atoms with E-state index in [0.29, 0.717) is 6.54 Å². The van der Waals surface area contributed by atoms with Crippen molar-refractivity contribution in [2.75, 3.05) is 25.4 Å². The van der Waals surface area contributed by atoms with E-state index in [0.717, 1.165) is 10.5 Å². The number of nitrogens with zero attached hydrogens (tertiary/aromatic N) is 2. The lowest BCUT2D eigenvalue weighted by molar-refractivity contribution is -0.122. The summed E-state index contributed by atoms with van der Waals surface area (Å²) in [6.45, 7) is 0.349. The second kappa shape index (κ2) is 3.76. The number of rotatable bonds is 2. The van der Waals surface area contributed by atoms with E-state index in [1.54, 1.807) is 0 Å². The average Bonchev–Trinajstić information content (AvgIpc) is 2.65. The number of hydrogen-bond donors (Lipinski definition) is 3. The fourth-order valence-electron chi connectivity index (χ4n) is 1.45. The van der Waals surface area contributed by atoms with Crippen LogP contribution < -0.4 is 11.1 Å². The summed E-state index contributed by atoms with van der Waals surface area (Å²) in [6.07, 6.45) is 1.14. The summed E-state index contributed by atoms with van der Waals surface area (Å²) in [5, 5.41) is 8.44. The molecule has 1 aliphatic rings. The molecule has 2 heterocycles. The number of piperazine rings is 1. The Labute approximate surface area is 91.9 Å². The van der Waals surface area contributed by atoms with Gasteiger partial charge >= 0.3 is 0 Å². The largest absolute Gasteiger partial charge is 0.383 e. The molecule has 0 unspecified atom stereocenters. The molecule has 1 aromatic heterocycles. The number of nitrogens with two attached hydrogens (primary N) is 1. The normalized spacial score (nSPS) is 18.4. The monoisotopic (exact) mass is 245 g/mol. The highest BCUT2D eigenvalue weighted by molar-refractivity contribution is 7.89. The summed E-state index contributed by atoms with van der Waals surface area (Å²) in [5.41, 5.74) is 5.44. The summed E-state index contributed by atoms with van der Waals surface area (Å²) in [4.78, 5) is 11.0. The summed E-state index contributed by atoms with van der Waals surface area (Å²) in [6, 6.07) is 0. The Morgan fingerprint density at radius 2 is 2.25 bits per heavy atom. The number of carbonyl (C=O) groups is 1. The van der Waals surface area contributed by atoms with Crippen molar-refractivity contribution >= 4 is 21.7 Å². The number of amides is 1. The van der Waals surface area contributed by atoms with Crippen LogP contribution in [0.2, 0.25) is 0 Å². The first-order valence-corrected chi connectivity index (χ1v) is 6.01. The molecule has 9 heteroatoms. The van der Waals surface area contributed by atoms with Crippen LogP contribution in [0.25, 0.3) is 0 Å². The lowest BCUT2D eigenvalue weighted by atomic mass is 10.4. The van der Waals surface area contributed by atoms with Gasteiger partial charge in [0.2, 0.25) is 15.9 Å². The molecule has 4 N–H and O–H groups in total. The van der Waals surface area contributed by atoms with Gasteiger partial charge in [-0.3, -0.25) is 9.89 Å². The van der Waals surface area contributed by atoms with Gasteiger partial charge in [0.25, 0.3) is 0 Å². The minimum absolute atomic E-state index is 0.0222. The van der Waals surface area contributed by atoms with Crippen molar-refractivity contribution in [1.82, 2.24) is 19.8 Å². The standard InChI is InChI=1S/C7H11N5O3S/c8-7-5(3-10-11-7)16(14,15)12-2-1-9-6(13)4-12/h3H,1-2,4H2,(H,9,13)(H3,8,10,11). The molecule has 1 aliphatic heterocycles. The minimum atomic E-state index is -3.73. The molecule has 1 amide bonds. The molecule has 0 saturated carbocycles. The maximum Gasteiger partial charge on any atom is 0.248 e. The molecule has 0 radical (unpaired) electrons. The number of hydrogen-bond acceptors (Lipinski definition) is 5. The van der Waals surface area contributed by atoms with Crippen molar-refractivity contribution in [3.05, 3.63) is 6.20 Å². The van der Waals surface area contributed by atoms with Crippen LogP contribution in [0.5, 0.6) is 0 Å². The fraction of sp³-hybridized carbons (Fsp3) is 0.429. The van der Waals surface area contributed by atoms with Gasteiger partial charge in [-0.15, -0.1) is 0 Å². The third-order valence-electron chi connectivity index (χ3n) is 2.25. The molecule has 16 heavy (non-hydrogen) atoms. The van der Waals surface area contributed by atoms with E-state index in [4.69, 9.17) is 5.73 Å². The topological polar surface area (TPSA) is 121 Å². The lowest BCUT2D eigenvalue weighted by Crippen LogP contribution is -2.49. The van der Waals surface area contributed by atoms with E-state index in [1.807, 2.05) is 0 Å². The van der Waals surface area contributed by atoms with E-state index in [1.165, 1.54) is 0 Å². The van der Waals surface area contributed by atoms with Crippen molar-refractivity contribution < 1.29 is 13.2 Å². The zero-order valence-corrected chi connectivity index (χ0v) is 9.12. The Kier molecular flexibility index (Phi) is 2.56. The van der Waals surface area contributed by atoms with Crippen molar-refractivity contribution in [1.29, 1.82) is 0 Å². The van der Waals surface area contributed by atoms with Gasteiger partial charge in [-0.2, -0.15) is 9.40 Å². The molecule has 1 fully saturated rings. The summed E-state index contributed by atoms with van der Waals surface area (Å²) in [5.74, 6) is -0.345. The van der Waals surface area contributed by atoms with Crippen molar-refractivity contribution in [3.8, 4) is 0 Å². The van der Waals surface area contributed by atoms with Crippen LogP contribution in [0.3, 0.4) is 0 Å². The Morgan fingerprint density at radius 1 is 1.50 bits per heavy atom. The minimum Gasteiger partial charge on any atom is -0.383 e. The first-order chi connectivity index (χ1) is 7.51. The maximum absolute atomic E-state index is 12.0. The fourth-order valence-corrected chi connectivity index (χ4v) is 2.86. The highest BCUT2D eigenvalue weighted by Gasteiger charge is 2.31. The summed E-state index contributed by atoms with van der Waals surface area (Å²) < 4.78 is 25.1. The molecule has 8 nitrogen and oxygen atoms in total. The van der Waals surface area contributed by atoms with Gasteiger partial charge < -0.3 is 11.1 Å². The number of nitrogen functional groups attached to an aromatic ring is 1. The van der Waals surface area contributed by atoms with Gasteiger partial charge in [0, 0.05) is 13.1 Å². The summed E-state index contributed by atoms with van der Waals surface area (Å²) >= 11 is 0. The predicted molar refractivity (Wildman–Crippen MR) is 54.8 cm³/mol. The number of aromatic nitrogens is 2. The van der Waals surface area contributed by atoms with Gasteiger partial charge in [-0.1, -0.05) is 0 Å². The Balaban J connectivity index is 2.32. The number of H-pyrrole nitrogens is 1. The molecule has 2 rings (SSSR count).